The highest BCUT2D eigenvalue weighted by Gasteiger charge is 2.25. The molecule has 0 amide bonds. The molecule has 0 saturated heterocycles. The van der Waals surface area contributed by atoms with Crippen LogP contribution < -0.4 is 5.56 Å². The lowest BCUT2D eigenvalue weighted by Crippen LogP contribution is -2.41. The molecular weight excluding hydrogens is 300 g/mol. The van der Waals surface area contributed by atoms with Gasteiger partial charge in [0.05, 0.1) is 5.25 Å². The van der Waals surface area contributed by atoms with E-state index in [0.717, 1.165) is 10.9 Å². The van der Waals surface area contributed by atoms with E-state index in [9.17, 15) is 13.2 Å². The summed E-state index contributed by atoms with van der Waals surface area (Å²) in [6, 6.07) is 9.28. The van der Waals surface area contributed by atoms with Crippen LogP contribution in [0, 0.1) is 0 Å². The summed E-state index contributed by atoms with van der Waals surface area (Å²) in [5.41, 5.74) is 1.30. The fourth-order valence-corrected chi connectivity index (χ4v) is 3.36. The molecule has 2 aromatic rings. The molecule has 0 aliphatic rings. The molecule has 2 rings (SSSR count). The SMILES string of the molecule is C[C@H]([C@@H](C)S(C)(=O)=O)N(C)Cc1cc2ccccc2[nH]c1=O. The van der Waals surface area contributed by atoms with E-state index in [1.165, 1.54) is 6.26 Å². The Bertz CT molecular complexity index is 827. The molecule has 22 heavy (non-hydrogen) atoms. The third-order valence-corrected chi connectivity index (χ3v) is 6.04. The third kappa shape index (κ3) is 3.56. The Balaban J connectivity index is 2.27. The Morgan fingerprint density at radius 3 is 2.50 bits per heavy atom. The van der Waals surface area contributed by atoms with E-state index in [-0.39, 0.29) is 11.6 Å². The van der Waals surface area contributed by atoms with Crippen molar-refractivity contribution in [1.29, 1.82) is 0 Å². The van der Waals surface area contributed by atoms with Gasteiger partial charge >= 0.3 is 0 Å². The van der Waals surface area contributed by atoms with E-state index < -0.39 is 15.1 Å². The fraction of sp³-hybridized carbons (Fsp3) is 0.438. The predicted octanol–water partition coefficient (Wildman–Crippen LogP) is 1.78. The van der Waals surface area contributed by atoms with Gasteiger partial charge in [-0.25, -0.2) is 8.42 Å². The highest BCUT2D eigenvalue weighted by Crippen LogP contribution is 2.14. The van der Waals surface area contributed by atoms with Gasteiger partial charge in [-0.3, -0.25) is 9.69 Å². The predicted molar refractivity (Wildman–Crippen MR) is 89.8 cm³/mol. The first-order chi connectivity index (χ1) is 10.2. The second-order valence-electron chi connectivity index (χ2n) is 5.90. The van der Waals surface area contributed by atoms with Crippen LogP contribution in [0.25, 0.3) is 10.9 Å². The maximum absolute atomic E-state index is 12.2. The molecule has 0 spiro atoms. The molecular formula is C16H22N2O3S. The minimum Gasteiger partial charge on any atom is -0.322 e. The molecule has 0 bridgehead atoms. The van der Waals surface area contributed by atoms with E-state index >= 15 is 0 Å². The highest BCUT2D eigenvalue weighted by molar-refractivity contribution is 7.91. The van der Waals surface area contributed by atoms with E-state index in [2.05, 4.69) is 4.98 Å². The molecule has 1 aromatic carbocycles. The molecule has 5 nitrogen and oxygen atoms in total. The maximum atomic E-state index is 12.2. The lowest BCUT2D eigenvalue weighted by molar-refractivity contribution is 0.244. The van der Waals surface area contributed by atoms with Gasteiger partial charge in [-0.1, -0.05) is 18.2 Å². The van der Waals surface area contributed by atoms with Crippen molar-refractivity contribution in [3.05, 3.63) is 46.2 Å². The standard InChI is InChI=1S/C16H22N2O3S/c1-11(12(2)22(4,20)21)18(3)10-14-9-13-7-5-6-8-15(13)17-16(14)19/h5-9,11-12H,10H2,1-4H3,(H,17,19)/t11-,12-/m1/s1. The lowest BCUT2D eigenvalue weighted by Gasteiger charge is -2.28. The van der Waals surface area contributed by atoms with E-state index in [1.807, 2.05) is 49.2 Å². The Labute approximate surface area is 130 Å². The monoisotopic (exact) mass is 322 g/mol. The van der Waals surface area contributed by atoms with Crippen LogP contribution >= 0.6 is 0 Å². The van der Waals surface area contributed by atoms with Crippen LogP contribution in [0.4, 0.5) is 0 Å². The molecule has 1 aromatic heterocycles. The second kappa shape index (κ2) is 6.22. The van der Waals surface area contributed by atoms with Gasteiger partial charge in [0.2, 0.25) is 0 Å². The van der Waals surface area contributed by atoms with E-state index in [4.69, 9.17) is 0 Å². The van der Waals surface area contributed by atoms with Gasteiger partial charge in [0.1, 0.15) is 0 Å². The number of benzene rings is 1. The third-order valence-electron chi connectivity index (χ3n) is 4.30. The largest absolute Gasteiger partial charge is 0.322 e. The first kappa shape index (κ1) is 16.7. The zero-order valence-corrected chi connectivity index (χ0v) is 14.1. The van der Waals surface area contributed by atoms with Crippen molar-refractivity contribution < 1.29 is 8.42 Å². The van der Waals surface area contributed by atoms with Crippen LogP contribution in [-0.2, 0) is 16.4 Å². The summed E-state index contributed by atoms with van der Waals surface area (Å²) in [6.45, 7) is 3.96. The molecule has 6 heteroatoms. The summed E-state index contributed by atoms with van der Waals surface area (Å²) in [4.78, 5) is 16.9. The van der Waals surface area contributed by atoms with Crippen molar-refractivity contribution in [2.45, 2.75) is 31.7 Å². The van der Waals surface area contributed by atoms with Crippen molar-refractivity contribution in [3.63, 3.8) is 0 Å². The molecule has 120 valence electrons. The van der Waals surface area contributed by atoms with E-state index in [0.29, 0.717) is 12.1 Å². The number of aromatic nitrogens is 1. The normalized spacial score (nSPS) is 15.1. The van der Waals surface area contributed by atoms with Gasteiger partial charge in [0.25, 0.3) is 5.56 Å². The number of sulfone groups is 1. The maximum Gasteiger partial charge on any atom is 0.252 e. The molecule has 0 unspecified atom stereocenters. The van der Waals surface area contributed by atoms with Gasteiger partial charge < -0.3 is 4.98 Å². The molecule has 0 aliphatic heterocycles. The van der Waals surface area contributed by atoms with Gasteiger partial charge in [-0.2, -0.15) is 0 Å². The molecule has 0 aliphatic carbocycles. The Morgan fingerprint density at radius 1 is 1.23 bits per heavy atom. The number of hydrogen-bond acceptors (Lipinski definition) is 4. The second-order valence-corrected chi connectivity index (χ2v) is 8.30. The summed E-state index contributed by atoms with van der Waals surface area (Å²) in [5, 5.41) is 0.478. The first-order valence-corrected chi connectivity index (χ1v) is 9.15. The number of fused-ring (bicyclic) bond motifs is 1. The zero-order chi connectivity index (χ0) is 16.5. The summed E-state index contributed by atoms with van der Waals surface area (Å²) >= 11 is 0. The number of rotatable bonds is 5. The minimum absolute atomic E-state index is 0.134. The molecule has 0 fully saturated rings. The van der Waals surface area contributed by atoms with E-state index in [1.54, 1.807) is 6.92 Å². The number of H-pyrrole nitrogens is 1. The van der Waals surface area contributed by atoms with Gasteiger partial charge in [-0.05, 0) is 38.4 Å². The zero-order valence-electron chi connectivity index (χ0n) is 13.3. The average molecular weight is 322 g/mol. The topological polar surface area (TPSA) is 70.2 Å². The summed E-state index contributed by atoms with van der Waals surface area (Å²) < 4.78 is 23.4. The highest BCUT2D eigenvalue weighted by atomic mass is 32.2. The number of aromatic amines is 1. The van der Waals surface area contributed by atoms with Crippen molar-refractivity contribution in [1.82, 2.24) is 9.88 Å². The molecule has 0 radical (unpaired) electrons. The lowest BCUT2D eigenvalue weighted by atomic mass is 10.1. The molecule has 1 heterocycles. The Morgan fingerprint density at radius 2 is 1.86 bits per heavy atom. The fourth-order valence-electron chi connectivity index (χ4n) is 2.44. The van der Waals surface area contributed by atoms with Crippen molar-refractivity contribution in [2.75, 3.05) is 13.3 Å². The van der Waals surface area contributed by atoms with Crippen molar-refractivity contribution >= 4 is 20.7 Å². The van der Waals surface area contributed by atoms with Crippen molar-refractivity contribution in [2.24, 2.45) is 0 Å². The Kier molecular flexibility index (Phi) is 4.72. The van der Waals surface area contributed by atoms with Crippen LogP contribution in [0.1, 0.15) is 19.4 Å². The van der Waals surface area contributed by atoms with Crippen LogP contribution in [0.3, 0.4) is 0 Å². The minimum atomic E-state index is -3.11. The number of para-hydroxylation sites is 1. The van der Waals surface area contributed by atoms with Crippen LogP contribution in [-0.4, -0.2) is 42.9 Å². The summed E-state index contributed by atoms with van der Waals surface area (Å²) in [7, 11) is -1.28. The quantitative estimate of drug-likeness (QED) is 0.911. The number of nitrogens with one attached hydrogen (secondary N) is 1. The number of nitrogens with zero attached hydrogens (tertiary/aromatic N) is 1. The first-order valence-electron chi connectivity index (χ1n) is 7.20. The molecule has 1 N–H and O–H groups in total. The Hall–Kier alpha value is -1.66. The van der Waals surface area contributed by atoms with Gasteiger partial charge in [-0.15, -0.1) is 0 Å². The number of hydrogen-bond donors (Lipinski definition) is 1. The van der Waals surface area contributed by atoms with Gasteiger partial charge in [0.15, 0.2) is 9.84 Å². The average Bonchev–Trinajstić information content (AvgIpc) is 2.45. The molecule has 2 atom stereocenters. The number of pyridine rings is 1. The summed E-state index contributed by atoms with van der Waals surface area (Å²) in [5.74, 6) is 0. The molecule has 0 saturated carbocycles. The smallest absolute Gasteiger partial charge is 0.252 e. The summed E-state index contributed by atoms with van der Waals surface area (Å²) in [6.07, 6.45) is 1.24. The van der Waals surface area contributed by atoms with Crippen LogP contribution in [0.5, 0.6) is 0 Å². The van der Waals surface area contributed by atoms with Crippen molar-refractivity contribution in [3.8, 4) is 0 Å². The van der Waals surface area contributed by atoms with Crippen LogP contribution in [0.15, 0.2) is 35.1 Å². The van der Waals surface area contributed by atoms with Crippen LogP contribution in [0.2, 0.25) is 0 Å². The van der Waals surface area contributed by atoms with Gasteiger partial charge in [0, 0.05) is 29.9 Å².